The quantitative estimate of drug-likeness (QED) is 0.289. The molecule has 0 radical (unpaired) electrons. The van der Waals surface area contributed by atoms with Gasteiger partial charge in [-0.2, -0.15) is 0 Å². The molecule has 1 fully saturated rings. The van der Waals surface area contributed by atoms with Gasteiger partial charge in [0.1, 0.15) is 0 Å². The number of unbranched alkanes of at least 4 members (excludes halogenated alkanes) is 1. The fourth-order valence-electron chi connectivity index (χ4n) is 3.19. The van der Waals surface area contributed by atoms with Gasteiger partial charge < -0.3 is 21.2 Å². The summed E-state index contributed by atoms with van der Waals surface area (Å²) in [6.07, 6.45) is 2.84. The van der Waals surface area contributed by atoms with Crippen molar-refractivity contribution < 1.29 is 26.0 Å². The highest BCUT2D eigenvalue weighted by molar-refractivity contribution is 6.93. The lowest BCUT2D eigenvalue weighted by Crippen LogP contribution is -2.65. The van der Waals surface area contributed by atoms with Crippen LogP contribution in [-0.4, -0.2) is 46.8 Å². The Morgan fingerprint density at radius 1 is 0.875 bits per heavy atom. The van der Waals surface area contributed by atoms with E-state index in [1.54, 1.807) is 0 Å². The molecule has 1 saturated heterocycles. The van der Waals surface area contributed by atoms with Crippen molar-refractivity contribution in [3.63, 3.8) is 0 Å². The number of hydrogen-bond donors (Lipinski definition) is 0. The van der Waals surface area contributed by atoms with Crippen LogP contribution in [0.25, 0.3) is 0 Å². The number of carbonyl (C=O) groups excluding carboxylic acids is 1. The minimum Gasteiger partial charge on any atom is -0.463 e. The lowest BCUT2D eigenvalue weighted by molar-refractivity contribution is -0.137. The van der Waals surface area contributed by atoms with Gasteiger partial charge in [0.2, 0.25) is 0 Å². The summed E-state index contributed by atoms with van der Waals surface area (Å²) in [7, 11) is -9.24. The zero-order valence-electron chi connectivity index (χ0n) is 16.1. The van der Waals surface area contributed by atoms with Gasteiger partial charge in [-0.05, 0) is 64.7 Å². The summed E-state index contributed by atoms with van der Waals surface area (Å²) in [5.74, 6) is -0.381. The predicted octanol–water partition coefficient (Wildman–Crippen LogP) is 3.75. The van der Waals surface area contributed by atoms with E-state index < -0.39 is 34.2 Å². The minimum absolute atomic E-state index is 0.381. The second-order valence-corrected chi connectivity index (χ2v) is 22.0. The van der Waals surface area contributed by atoms with Gasteiger partial charge in [0.05, 0.1) is 6.61 Å². The highest BCUT2D eigenvalue weighted by Gasteiger charge is 2.52. The Bertz CT molecular complexity index is 444. The molecule has 0 spiro atoms. The SMILES string of the molecule is C=CC(=O)OCCCC[Si]1(C)O[Si](C)(C)O[Si](C)(C)O[Si](C)(C)O1. The van der Waals surface area contributed by atoms with Gasteiger partial charge in [-0.25, -0.2) is 4.79 Å². The van der Waals surface area contributed by atoms with Crippen LogP contribution in [0.3, 0.4) is 0 Å². The van der Waals surface area contributed by atoms with Gasteiger partial charge in [-0.1, -0.05) is 6.58 Å². The Hall–Kier alpha value is -0.0825. The number of esters is 1. The molecule has 1 aliphatic heterocycles. The van der Waals surface area contributed by atoms with Crippen LogP contribution in [0.15, 0.2) is 12.7 Å². The van der Waals surface area contributed by atoms with E-state index in [0.29, 0.717) is 6.61 Å². The van der Waals surface area contributed by atoms with Gasteiger partial charge in [0, 0.05) is 6.08 Å². The van der Waals surface area contributed by atoms with Crippen LogP contribution in [0.4, 0.5) is 0 Å². The molecular weight excluding hydrogens is 376 g/mol. The number of hydrogen-bond acceptors (Lipinski definition) is 6. The van der Waals surface area contributed by atoms with Gasteiger partial charge in [-0.15, -0.1) is 0 Å². The molecule has 24 heavy (non-hydrogen) atoms. The molecule has 1 aliphatic rings. The third-order valence-electron chi connectivity index (χ3n) is 3.34. The summed E-state index contributed by atoms with van der Waals surface area (Å²) in [5, 5.41) is 0. The predicted molar refractivity (Wildman–Crippen MR) is 104 cm³/mol. The smallest absolute Gasteiger partial charge is 0.330 e. The molecule has 140 valence electrons. The van der Waals surface area contributed by atoms with Crippen LogP contribution < -0.4 is 0 Å². The van der Waals surface area contributed by atoms with Crippen LogP contribution in [0.2, 0.25) is 51.9 Å². The van der Waals surface area contributed by atoms with Gasteiger partial charge in [0.15, 0.2) is 0 Å². The molecule has 0 aromatic heterocycles. The topological polar surface area (TPSA) is 63.2 Å². The monoisotopic (exact) mass is 408 g/mol. The maximum atomic E-state index is 11.1. The molecule has 0 aromatic carbocycles. The standard InChI is InChI=1S/C14H32O6Si4/c1-9-14(15)16-12-10-11-13-24(8)19-22(4,5)17-21(2,3)18-23(6,7)20-24/h9H,1,10-13H2,2-8H3. The van der Waals surface area contributed by atoms with E-state index in [2.05, 4.69) is 52.4 Å². The van der Waals surface area contributed by atoms with E-state index in [4.69, 9.17) is 21.2 Å². The molecule has 0 aromatic rings. The van der Waals surface area contributed by atoms with E-state index in [-0.39, 0.29) is 5.97 Å². The minimum atomic E-state index is -2.40. The number of carbonyl (C=O) groups is 1. The maximum absolute atomic E-state index is 11.1. The zero-order valence-corrected chi connectivity index (χ0v) is 20.1. The highest BCUT2D eigenvalue weighted by atomic mass is 28.5. The van der Waals surface area contributed by atoms with Crippen molar-refractivity contribution in [2.75, 3.05) is 6.61 Å². The van der Waals surface area contributed by atoms with E-state index in [0.717, 1.165) is 18.9 Å². The molecule has 6 nitrogen and oxygen atoms in total. The van der Waals surface area contributed by atoms with E-state index in [9.17, 15) is 4.79 Å². The number of ether oxygens (including phenoxy) is 1. The van der Waals surface area contributed by atoms with Crippen molar-refractivity contribution in [1.82, 2.24) is 0 Å². The molecule has 0 bridgehead atoms. The largest absolute Gasteiger partial charge is 0.463 e. The van der Waals surface area contributed by atoms with Crippen molar-refractivity contribution in [3.05, 3.63) is 12.7 Å². The van der Waals surface area contributed by atoms with Crippen molar-refractivity contribution in [2.24, 2.45) is 0 Å². The first-order valence-electron chi connectivity index (χ1n) is 8.38. The Morgan fingerprint density at radius 3 is 1.79 bits per heavy atom. The highest BCUT2D eigenvalue weighted by Crippen LogP contribution is 2.33. The van der Waals surface area contributed by atoms with Crippen molar-refractivity contribution in [3.8, 4) is 0 Å². The Labute approximate surface area is 150 Å². The molecule has 0 saturated carbocycles. The first-order valence-corrected chi connectivity index (χ1v) is 19.4. The van der Waals surface area contributed by atoms with Crippen molar-refractivity contribution in [2.45, 2.75) is 64.7 Å². The summed E-state index contributed by atoms with van der Waals surface area (Å²) in [5.41, 5.74) is 0. The molecule has 0 N–H and O–H groups in total. The van der Waals surface area contributed by atoms with E-state index in [1.807, 2.05) is 0 Å². The maximum Gasteiger partial charge on any atom is 0.330 e. The Morgan fingerprint density at radius 2 is 1.33 bits per heavy atom. The second kappa shape index (κ2) is 8.08. The second-order valence-electron chi connectivity index (χ2n) is 7.57. The van der Waals surface area contributed by atoms with Gasteiger partial charge in [0.25, 0.3) is 0 Å². The fourth-order valence-corrected chi connectivity index (χ4v) is 24.9. The first kappa shape index (κ1) is 22.0. The van der Waals surface area contributed by atoms with Crippen LogP contribution in [0.5, 0.6) is 0 Å². The fraction of sp³-hybridized carbons (Fsp3) is 0.786. The molecule has 0 unspecified atom stereocenters. The van der Waals surface area contributed by atoms with Crippen LogP contribution in [0.1, 0.15) is 12.8 Å². The first-order chi connectivity index (χ1) is 10.8. The zero-order chi connectivity index (χ0) is 18.6. The van der Waals surface area contributed by atoms with Crippen LogP contribution >= 0.6 is 0 Å². The number of rotatable bonds is 6. The molecule has 0 atom stereocenters. The van der Waals surface area contributed by atoms with E-state index in [1.165, 1.54) is 6.08 Å². The van der Waals surface area contributed by atoms with Crippen molar-refractivity contribution >= 4 is 40.2 Å². The Kier molecular flexibility index (Phi) is 7.39. The molecule has 1 rings (SSSR count). The lowest BCUT2D eigenvalue weighted by atomic mass is 10.4. The summed E-state index contributed by atoms with van der Waals surface area (Å²) in [6, 6.07) is 0.834. The van der Waals surface area contributed by atoms with Crippen LogP contribution in [-0.2, 0) is 26.0 Å². The third-order valence-corrected chi connectivity index (χ3v) is 19.9. The normalized spacial score (nSPS) is 24.5. The van der Waals surface area contributed by atoms with E-state index >= 15 is 0 Å². The summed E-state index contributed by atoms with van der Waals surface area (Å²) >= 11 is 0. The van der Waals surface area contributed by atoms with Crippen molar-refractivity contribution in [1.29, 1.82) is 0 Å². The summed E-state index contributed by atoms with van der Waals surface area (Å²) < 4.78 is 30.6. The average molecular weight is 409 g/mol. The summed E-state index contributed by atoms with van der Waals surface area (Å²) in [4.78, 5) is 11.1. The molecular formula is C14H32O6Si4. The average Bonchev–Trinajstić information content (AvgIpc) is 2.31. The summed E-state index contributed by atoms with van der Waals surface area (Å²) in [6.45, 7) is 18.2. The van der Waals surface area contributed by atoms with Gasteiger partial charge >= 0.3 is 40.2 Å². The van der Waals surface area contributed by atoms with Crippen LogP contribution in [0, 0.1) is 0 Å². The Balaban J connectivity index is 2.68. The van der Waals surface area contributed by atoms with Gasteiger partial charge in [-0.3, -0.25) is 0 Å². The third kappa shape index (κ3) is 7.87. The lowest BCUT2D eigenvalue weighted by Gasteiger charge is -2.47. The molecule has 1 heterocycles. The molecule has 10 heteroatoms. The molecule has 0 aliphatic carbocycles. The molecule has 0 amide bonds.